The molecule has 0 heterocycles. The SMILES string of the molecule is O=C(O)CCCCOC1CCCCCC1. The maximum absolute atomic E-state index is 10.3. The summed E-state index contributed by atoms with van der Waals surface area (Å²) in [7, 11) is 0. The highest BCUT2D eigenvalue weighted by Crippen LogP contribution is 2.19. The van der Waals surface area contributed by atoms with Gasteiger partial charge in [0, 0.05) is 13.0 Å². The summed E-state index contributed by atoms with van der Waals surface area (Å²) in [5.41, 5.74) is 0. The molecule has 0 amide bonds. The van der Waals surface area contributed by atoms with Crippen LogP contribution in [0.2, 0.25) is 0 Å². The summed E-state index contributed by atoms with van der Waals surface area (Å²) in [6, 6.07) is 0. The molecule has 15 heavy (non-hydrogen) atoms. The molecule has 1 fully saturated rings. The van der Waals surface area contributed by atoms with Crippen LogP contribution in [0.3, 0.4) is 0 Å². The van der Waals surface area contributed by atoms with Gasteiger partial charge < -0.3 is 9.84 Å². The zero-order valence-corrected chi connectivity index (χ0v) is 9.41. The van der Waals surface area contributed by atoms with Crippen LogP contribution in [0, 0.1) is 0 Å². The van der Waals surface area contributed by atoms with Gasteiger partial charge in [0.15, 0.2) is 0 Å². The Morgan fingerprint density at radius 1 is 1.13 bits per heavy atom. The summed E-state index contributed by atoms with van der Waals surface area (Å²) in [6.07, 6.45) is 9.99. The Hall–Kier alpha value is -0.570. The summed E-state index contributed by atoms with van der Waals surface area (Å²) in [5.74, 6) is -0.704. The van der Waals surface area contributed by atoms with Gasteiger partial charge in [-0.3, -0.25) is 4.79 Å². The van der Waals surface area contributed by atoms with E-state index in [1.165, 1.54) is 38.5 Å². The number of hydrogen-bond acceptors (Lipinski definition) is 2. The van der Waals surface area contributed by atoms with Crippen molar-refractivity contribution in [3.8, 4) is 0 Å². The molecule has 0 atom stereocenters. The lowest BCUT2D eigenvalue weighted by Gasteiger charge is -2.14. The third kappa shape index (κ3) is 6.50. The van der Waals surface area contributed by atoms with Crippen LogP contribution in [0.15, 0.2) is 0 Å². The predicted octanol–water partition coefficient (Wildman–Crippen LogP) is 2.98. The molecule has 0 spiro atoms. The van der Waals surface area contributed by atoms with E-state index in [0.29, 0.717) is 6.10 Å². The molecule has 0 saturated heterocycles. The molecule has 0 aromatic heterocycles. The quantitative estimate of drug-likeness (QED) is 0.546. The minimum absolute atomic E-state index is 0.272. The van der Waals surface area contributed by atoms with E-state index >= 15 is 0 Å². The van der Waals surface area contributed by atoms with E-state index < -0.39 is 5.97 Å². The molecule has 1 aliphatic rings. The fourth-order valence-corrected chi connectivity index (χ4v) is 2.04. The third-order valence-electron chi connectivity index (χ3n) is 2.94. The fraction of sp³-hybridized carbons (Fsp3) is 0.917. The van der Waals surface area contributed by atoms with Gasteiger partial charge in [-0.25, -0.2) is 0 Å². The lowest BCUT2D eigenvalue weighted by Crippen LogP contribution is -2.12. The highest BCUT2D eigenvalue weighted by Gasteiger charge is 2.11. The Morgan fingerprint density at radius 3 is 2.40 bits per heavy atom. The van der Waals surface area contributed by atoms with Gasteiger partial charge >= 0.3 is 5.97 Å². The summed E-state index contributed by atoms with van der Waals surface area (Å²) < 4.78 is 5.75. The van der Waals surface area contributed by atoms with Crippen LogP contribution in [-0.4, -0.2) is 23.8 Å². The maximum Gasteiger partial charge on any atom is 0.303 e. The Morgan fingerprint density at radius 2 is 1.80 bits per heavy atom. The lowest BCUT2D eigenvalue weighted by molar-refractivity contribution is -0.137. The highest BCUT2D eigenvalue weighted by molar-refractivity contribution is 5.66. The zero-order valence-electron chi connectivity index (χ0n) is 9.41. The molecule has 0 aliphatic heterocycles. The van der Waals surface area contributed by atoms with Crippen molar-refractivity contribution >= 4 is 5.97 Å². The van der Waals surface area contributed by atoms with E-state index in [1.807, 2.05) is 0 Å². The van der Waals surface area contributed by atoms with Gasteiger partial charge in [-0.05, 0) is 25.7 Å². The van der Waals surface area contributed by atoms with Gasteiger partial charge in [0.25, 0.3) is 0 Å². The molecule has 0 radical (unpaired) electrons. The van der Waals surface area contributed by atoms with Gasteiger partial charge in [0.2, 0.25) is 0 Å². The third-order valence-corrected chi connectivity index (χ3v) is 2.94. The van der Waals surface area contributed by atoms with Crippen LogP contribution in [0.5, 0.6) is 0 Å². The van der Waals surface area contributed by atoms with Crippen LogP contribution in [0.1, 0.15) is 57.8 Å². The van der Waals surface area contributed by atoms with Crippen molar-refractivity contribution in [1.29, 1.82) is 0 Å². The number of carboxylic acids is 1. The molecule has 0 aromatic rings. The van der Waals surface area contributed by atoms with Gasteiger partial charge in [0.1, 0.15) is 0 Å². The molecular weight excluding hydrogens is 192 g/mol. The molecule has 1 rings (SSSR count). The van der Waals surface area contributed by atoms with E-state index in [-0.39, 0.29) is 6.42 Å². The second-order valence-electron chi connectivity index (χ2n) is 4.34. The first kappa shape index (κ1) is 12.5. The van der Waals surface area contributed by atoms with E-state index in [4.69, 9.17) is 9.84 Å². The molecule has 1 N–H and O–H groups in total. The minimum Gasteiger partial charge on any atom is -0.481 e. The van der Waals surface area contributed by atoms with Crippen molar-refractivity contribution in [3.63, 3.8) is 0 Å². The number of ether oxygens (including phenoxy) is 1. The number of carboxylic acid groups (broad SMARTS) is 1. The van der Waals surface area contributed by atoms with Crippen LogP contribution in [-0.2, 0) is 9.53 Å². The number of unbranched alkanes of at least 4 members (excludes halogenated alkanes) is 1. The molecule has 3 heteroatoms. The van der Waals surface area contributed by atoms with Gasteiger partial charge in [-0.1, -0.05) is 25.7 Å². The lowest BCUT2D eigenvalue weighted by atomic mass is 10.1. The van der Waals surface area contributed by atoms with E-state index in [0.717, 1.165) is 19.4 Å². The summed E-state index contributed by atoms with van der Waals surface area (Å²) >= 11 is 0. The summed E-state index contributed by atoms with van der Waals surface area (Å²) in [5, 5.41) is 8.46. The molecular formula is C12H22O3. The molecule has 1 saturated carbocycles. The van der Waals surface area contributed by atoms with Crippen molar-refractivity contribution in [2.24, 2.45) is 0 Å². The maximum atomic E-state index is 10.3. The Balaban J connectivity index is 1.96. The average Bonchev–Trinajstić information content (AvgIpc) is 2.45. The van der Waals surface area contributed by atoms with Crippen molar-refractivity contribution in [2.75, 3.05) is 6.61 Å². The Labute approximate surface area is 91.8 Å². The minimum atomic E-state index is -0.704. The first-order chi connectivity index (χ1) is 7.29. The Kier molecular flexibility index (Phi) is 6.41. The number of hydrogen-bond donors (Lipinski definition) is 1. The first-order valence-corrected chi connectivity index (χ1v) is 6.12. The van der Waals surface area contributed by atoms with Gasteiger partial charge in [0.05, 0.1) is 6.10 Å². The standard InChI is InChI=1S/C12H22O3/c13-12(14)9-5-6-10-15-11-7-3-1-2-4-8-11/h11H,1-10H2,(H,13,14). The predicted molar refractivity (Wildman–Crippen MR) is 58.9 cm³/mol. The molecule has 1 aliphatic carbocycles. The van der Waals surface area contributed by atoms with Crippen molar-refractivity contribution in [3.05, 3.63) is 0 Å². The second-order valence-corrected chi connectivity index (χ2v) is 4.34. The molecule has 0 unspecified atom stereocenters. The monoisotopic (exact) mass is 214 g/mol. The smallest absolute Gasteiger partial charge is 0.303 e. The zero-order chi connectivity index (χ0) is 10.9. The Bertz CT molecular complexity index is 172. The molecule has 3 nitrogen and oxygen atoms in total. The largest absolute Gasteiger partial charge is 0.481 e. The normalized spacial score (nSPS) is 18.7. The average molecular weight is 214 g/mol. The van der Waals surface area contributed by atoms with Crippen molar-refractivity contribution < 1.29 is 14.6 Å². The van der Waals surface area contributed by atoms with Crippen LogP contribution in [0.25, 0.3) is 0 Å². The number of rotatable bonds is 6. The van der Waals surface area contributed by atoms with Crippen LogP contribution in [0.4, 0.5) is 0 Å². The highest BCUT2D eigenvalue weighted by atomic mass is 16.5. The molecule has 88 valence electrons. The van der Waals surface area contributed by atoms with E-state index in [9.17, 15) is 4.79 Å². The van der Waals surface area contributed by atoms with Crippen LogP contribution >= 0.6 is 0 Å². The van der Waals surface area contributed by atoms with Crippen molar-refractivity contribution in [1.82, 2.24) is 0 Å². The van der Waals surface area contributed by atoms with Gasteiger partial charge in [-0.15, -0.1) is 0 Å². The fourth-order valence-electron chi connectivity index (χ4n) is 2.04. The molecule has 0 aromatic carbocycles. The number of carbonyl (C=O) groups is 1. The number of aliphatic carboxylic acids is 1. The van der Waals surface area contributed by atoms with E-state index in [1.54, 1.807) is 0 Å². The second kappa shape index (κ2) is 7.69. The topological polar surface area (TPSA) is 46.5 Å². The first-order valence-electron chi connectivity index (χ1n) is 6.12. The summed E-state index contributed by atoms with van der Waals surface area (Å²) in [6.45, 7) is 0.734. The summed E-state index contributed by atoms with van der Waals surface area (Å²) in [4.78, 5) is 10.3. The van der Waals surface area contributed by atoms with Crippen molar-refractivity contribution in [2.45, 2.75) is 63.9 Å². The van der Waals surface area contributed by atoms with Gasteiger partial charge in [-0.2, -0.15) is 0 Å². The molecule has 0 bridgehead atoms. The van der Waals surface area contributed by atoms with E-state index in [2.05, 4.69) is 0 Å². The van der Waals surface area contributed by atoms with Crippen LogP contribution < -0.4 is 0 Å².